The minimum Gasteiger partial charge on any atom is -0.351 e. The van der Waals surface area contributed by atoms with Crippen LogP contribution in [0.4, 0.5) is 10.5 Å². The van der Waals surface area contributed by atoms with Gasteiger partial charge in [0.15, 0.2) is 0 Å². The number of halogens is 1. The largest absolute Gasteiger partial charge is 0.351 e. The van der Waals surface area contributed by atoms with Gasteiger partial charge in [0.2, 0.25) is 0 Å². The molecule has 1 unspecified atom stereocenters. The SMILES string of the molecule is CC(NC(=O)c1cn[nH]c1-c1ccc(Cl)cc1)c1ccc(NC(N)=O)cc1. The highest BCUT2D eigenvalue weighted by molar-refractivity contribution is 6.30. The molecule has 1 heterocycles. The molecule has 0 aliphatic rings. The zero-order valence-electron chi connectivity index (χ0n) is 14.5. The summed E-state index contributed by atoms with van der Waals surface area (Å²) in [6, 6.07) is 13.3. The maximum atomic E-state index is 12.7. The predicted octanol–water partition coefficient (Wildman–Crippen LogP) is 3.71. The standard InChI is InChI=1S/C19H18ClN5O2/c1-11(12-4-8-15(9-5-12)24-19(21)27)23-18(26)16-10-22-25-17(16)13-2-6-14(20)7-3-13/h2-11H,1H3,(H,22,25)(H,23,26)(H3,21,24,27). The molecule has 1 aromatic heterocycles. The summed E-state index contributed by atoms with van der Waals surface area (Å²) in [4.78, 5) is 23.6. The number of hydrogen-bond donors (Lipinski definition) is 4. The van der Waals surface area contributed by atoms with Crippen LogP contribution in [0.3, 0.4) is 0 Å². The van der Waals surface area contributed by atoms with E-state index >= 15 is 0 Å². The second kappa shape index (κ2) is 7.92. The van der Waals surface area contributed by atoms with Crippen molar-refractivity contribution < 1.29 is 9.59 Å². The molecule has 7 nitrogen and oxygen atoms in total. The first kappa shape index (κ1) is 18.5. The zero-order chi connectivity index (χ0) is 19.4. The van der Waals surface area contributed by atoms with Crippen molar-refractivity contribution >= 4 is 29.2 Å². The number of aromatic amines is 1. The topological polar surface area (TPSA) is 113 Å². The normalized spacial score (nSPS) is 11.6. The first-order valence-corrected chi connectivity index (χ1v) is 8.58. The monoisotopic (exact) mass is 383 g/mol. The molecule has 3 aromatic rings. The Hall–Kier alpha value is -3.32. The molecule has 1 atom stereocenters. The van der Waals surface area contributed by atoms with Gasteiger partial charge in [-0.25, -0.2) is 4.79 Å². The summed E-state index contributed by atoms with van der Waals surface area (Å²) in [5.74, 6) is -0.250. The number of amides is 3. The van der Waals surface area contributed by atoms with E-state index in [1.54, 1.807) is 24.3 Å². The number of hydrogen-bond acceptors (Lipinski definition) is 3. The van der Waals surface area contributed by atoms with Gasteiger partial charge >= 0.3 is 6.03 Å². The molecule has 0 fully saturated rings. The third-order valence-corrected chi connectivity index (χ3v) is 4.29. The summed E-state index contributed by atoms with van der Waals surface area (Å²) in [6.45, 7) is 1.87. The maximum Gasteiger partial charge on any atom is 0.316 e. The number of nitrogens with zero attached hydrogens (tertiary/aromatic N) is 1. The molecule has 0 saturated heterocycles. The lowest BCUT2D eigenvalue weighted by atomic mass is 10.1. The average molecular weight is 384 g/mol. The average Bonchev–Trinajstić information content (AvgIpc) is 3.12. The van der Waals surface area contributed by atoms with Crippen LogP contribution in [0, 0.1) is 0 Å². The molecular formula is C19H18ClN5O2. The van der Waals surface area contributed by atoms with E-state index in [-0.39, 0.29) is 11.9 Å². The van der Waals surface area contributed by atoms with Crippen molar-refractivity contribution in [2.45, 2.75) is 13.0 Å². The van der Waals surface area contributed by atoms with Gasteiger partial charge in [-0.05, 0) is 36.8 Å². The summed E-state index contributed by atoms with van der Waals surface area (Å²) in [5, 5.41) is 12.9. The molecule has 0 saturated carbocycles. The van der Waals surface area contributed by atoms with Crippen molar-refractivity contribution in [3.63, 3.8) is 0 Å². The molecule has 0 bridgehead atoms. The number of H-pyrrole nitrogens is 1. The fraction of sp³-hybridized carbons (Fsp3) is 0.105. The van der Waals surface area contributed by atoms with Crippen molar-refractivity contribution in [3.05, 3.63) is 70.9 Å². The number of carbonyl (C=O) groups is 2. The lowest BCUT2D eigenvalue weighted by molar-refractivity contribution is 0.0940. The molecule has 5 N–H and O–H groups in total. The minimum absolute atomic E-state index is 0.243. The summed E-state index contributed by atoms with van der Waals surface area (Å²) < 4.78 is 0. The van der Waals surface area contributed by atoms with Crippen molar-refractivity contribution in [2.75, 3.05) is 5.32 Å². The third-order valence-electron chi connectivity index (χ3n) is 4.04. The first-order chi connectivity index (χ1) is 12.9. The van der Waals surface area contributed by atoms with E-state index in [0.29, 0.717) is 22.0 Å². The smallest absolute Gasteiger partial charge is 0.316 e. The Morgan fingerprint density at radius 3 is 2.41 bits per heavy atom. The van der Waals surface area contributed by atoms with Gasteiger partial charge in [0.05, 0.1) is 23.5 Å². The number of anilines is 1. The van der Waals surface area contributed by atoms with Gasteiger partial charge < -0.3 is 16.4 Å². The number of primary amides is 1. The predicted molar refractivity (Wildman–Crippen MR) is 105 cm³/mol. The third kappa shape index (κ3) is 4.45. The van der Waals surface area contributed by atoms with E-state index in [2.05, 4.69) is 20.8 Å². The lowest BCUT2D eigenvalue weighted by Crippen LogP contribution is -2.26. The van der Waals surface area contributed by atoms with Crippen LogP contribution in [0.25, 0.3) is 11.3 Å². The Morgan fingerprint density at radius 2 is 1.78 bits per heavy atom. The Kier molecular flexibility index (Phi) is 5.42. The molecule has 0 aliphatic heterocycles. The van der Waals surface area contributed by atoms with Gasteiger partial charge in [0, 0.05) is 16.3 Å². The number of carbonyl (C=O) groups excluding carboxylic acids is 2. The van der Waals surface area contributed by atoms with E-state index in [1.165, 1.54) is 6.20 Å². The van der Waals surface area contributed by atoms with Crippen LogP contribution in [-0.2, 0) is 0 Å². The van der Waals surface area contributed by atoms with Gasteiger partial charge in [0.25, 0.3) is 5.91 Å². The number of benzene rings is 2. The molecule has 0 spiro atoms. The van der Waals surface area contributed by atoms with Crippen LogP contribution in [0.2, 0.25) is 5.02 Å². The van der Waals surface area contributed by atoms with Crippen LogP contribution in [0.15, 0.2) is 54.7 Å². The first-order valence-electron chi connectivity index (χ1n) is 8.20. The molecule has 27 heavy (non-hydrogen) atoms. The molecule has 2 aromatic carbocycles. The van der Waals surface area contributed by atoms with Crippen molar-refractivity contribution in [1.29, 1.82) is 0 Å². The molecule has 3 rings (SSSR count). The highest BCUT2D eigenvalue weighted by Crippen LogP contribution is 2.24. The molecule has 3 amide bonds. The summed E-state index contributed by atoms with van der Waals surface area (Å²) >= 11 is 5.92. The molecule has 0 aliphatic carbocycles. The van der Waals surface area contributed by atoms with Crippen LogP contribution < -0.4 is 16.4 Å². The number of urea groups is 1. The second-order valence-corrected chi connectivity index (χ2v) is 6.41. The molecule has 8 heteroatoms. The van der Waals surface area contributed by atoms with Gasteiger partial charge in [-0.3, -0.25) is 9.89 Å². The Bertz CT molecular complexity index is 951. The second-order valence-electron chi connectivity index (χ2n) is 5.97. The molecule has 138 valence electrons. The van der Waals surface area contributed by atoms with E-state index in [1.807, 2.05) is 31.2 Å². The van der Waals surface area contributed by atoms with Gasteiger partial charge in [0.1, 0.15) is 0 Å². The van der Waals surface area contributed by atoms with Crippen LogP contribution in [0.1, 0.15) is 28.9 Å². The summed E-state index contributed by atoms with van der Waals surface area (Å²) in [7, 11) is 0. The molecule has 0 radical (unpaired) electrons. The number of nitrogens with one attached hydrogen (secondary N) is 3. The Balaban J connectivity index is 1.73. The van der Waals surface area contributed by atoms with Crippen LogP contribution in [-0.4, -0.2) is 22.1 Å². The zero-order valence-corrected chi connectivity index (χ0v) is 15.2. The van der Waals surface area contributed by atoms with Crippen LogP contribution in [0.5, 0.6) is 0 Å². The maximum absolute atomic E-state index is 12.7. The van der Waals surface area contributed by atoms with Crippen molar-refractivity contribution in [3.8, 4) is 11.3 Å². The van der Waals surface area contributed by atoms with Gasteiger partial charge in [-0.2, -0.15) is 5.10 Å². The highest BCUT2D eigenvalue weighted by atomic mass is 35.5. The van der Waals surface area contributed by atoms with E-state index < -0.39 is 6.03 Å². The lowest BCUT2D eigenvalue weighted by Gasteiger charge is -2.15. The summed E-state index contributed by atoms with van der Waals surface area (Å²) in [5.41, 5.74) is 8.44. The van der Waals surface area contributed by atoms with Gasteiger partial charge in [-0.1, -0.05) is 35.9 Å². The van der Waals surface area contributed by atoms with Crippen molar-refractivity contribution in [2.24, 2.45) is 5.73 Å². The minimum atomic E-state index is -0.626. The van der Waals surface area contributed by atoms with E-state index in [4.69, 9.17) is 17.3 Å². The number of nitrogens with two attached hydrogens (primary N) is 1. The van der Waals surface area contributed by atoms with E-state index in [9.17, 15) is 9.59 Å². The Morgan fingerprint density at radius 1 is 1.11 bits per heavy atom. The fourth-order valence-corrected chi connectivity index (χ4v) is 2.78. The van der Waals surface area contributed by atoms with Crippen LogP contribution >= 0.6 is 11.6 Å². The summed E-state index contributed by atoms with van der Waals surface area (Å²) in [6.07, 6.45) is 1.49. The quantitative estimate of drug-likeness (QED) is 0.538. The highest BCUT2D eigenvalue weighted by Gasteiger charge is 2.18. The molecular weight excluding hydrogens is 366 g/mol. The van der Waals surface area contributed by atoms with E-state index in [0.717, 1.165) is 11.1 Å². The fourth-order valence-electron chi connectivity index (χ4n) is 2.65. The number of aromatic nitrogens is 2. The Labute approximate surface area is 160 Å². The number of rotatable bonds is 5. The van der Waals surface area contributed by atoms with Gasteiger partial charge in [-0.15, -0.1) is 0 Å². The van der Waals surface area contributed by atoms with Crippen molar-refractivity contribution in [1.82, 2.24) is 15.5 Å².